The van der Waals surface area contributed by atoms with Gasteiger partial charge >= 0.3 is 5.97 Å². The van der Waals surface area contributed by atoms with Crippen LogP contribution in [0.1, 0.15) is 20.8 Å². The normalized spacial score (nSPS) is 15.8. The minimum absolute atomic E-state index is 0.280. The van der Waals surface area contributed by atoms with E-state index in [1.807, 2.05) is 18.7 Å². The molecule has 0 rings (SSSR count). The average molecular weight is 189 g/mol. The van der Waals surface area contributed by atoms with E-state index in [4.69, 9.17) is 9.84 Å². The van der Waals surface area contributed by atoms with Gasteiger partial charge in [0.05, 0.1) is 6.10 Å². The molecule has 0 radical (unpaired) electrons. The molecule has 0 aromatic heterocycles. The number of hydrogen-bond acceptors (Lipinski definition) is 3. The molecule has 0 amide bonds. The van der Waals surface area contributed by atoms with Gasteiger partial charge in [-0.1, -0.05) is 13.8 Å². The van der Waals surface area contributed by atoms with Crippen LogP contribution in [0.2, 0.25) is 0 Å². The second-order valence-corrected chi connectivity index (χ2v) is 2.95. The summed E-state index contributed by atoms with van der Waals surface area (Å²) in [5, 5.41) is 8.99. The number of hydrogen-bond donors (Lipinski definition) is 1. The highest BCUT2D eigenvalue weighted by Gasteiger charge is 2.29. The van der Waals surface area contributed by atoms with Gasteiger partial charge in [0.1, 0.15) is 6.04 Å². The Labute approximate surface area is 79.5 Å². The first kappa shape index (κ1) is 12.4. The standard InChI is InChI=1S/C9H19NO3/c1-5-10(6-2)8(9(11)12)7(3)13-4/h7-8H,5-6H2,1-4H3,(H,11,12). The molecule has 0 aliphatic heterocycles. The van der Waals surface area contributed by atoms with E-state index < -0.39 is 12.0 Å². The monoisotopic (exact) mass is 189 g/mol. The molecular formula is C9H19NO3. The summed E-state index contributed by atoms with van der Waals surface area (Å²) in [6, 6.07) is -0.542. The SMILES string of the molecule is CCN(CC)C(C(=O)O)C(C)OC. The van der Waals surface area contributed by atoms with Crippen molar-refractivity contribution in [3.05, 3.63) is 0 Å². The second-order valence-electron chi connectivity index (χ2n) is 2.95. The van der Waals surface area contributed by atoms with Gasteiger partial charge in [0.2, 0.25) is 0 Å². The third kappa shape index (κ3) is 3.32. The van der Waals surface area contributed by atoms with E-state index in [0.29, 0.717) is 0 Å². The highest BCUT2D eigenvalue weighted by molar-refractivity contribution is 5.74. The molecule has 4 nitrogen and oxygen atoms in total. The van der Waals surface area contributed by atoms with E-state index >= 15 is 0 Å². The molecule has 0 saturated carbocycles. The van der Waals surface area contributed by atoms with Gasteiger partial charge in [-0.05, 0) is 20.0 Å². The van der Waals surface area contributed by atoms with E-state index in [1.165, 1.54) is 7.11 Å². The van der Waals surface area contributed by atoms with Crippen LogP contribution in [0.3, 0.4) is 0 Å². The Morgan fingerprint density at radius 2 is 1.92 bits per heavy atom. The fourth-order valence-corrected chi connectivity index (χ4v) is 1.40. The lowest BCUT2D eigenvalue weighted by molar-refractivity contribution is -0.148. The van der Waals surface area contributed by atoms with E-state index in [1.54, 1.807) is 6.92 Å². The zero-order chi connectivity index (χ0) is 10.4. The zero-order valence-electron chi connectivity index (χ0n) is 8.78. The van der Waals surface area contributed by atoms with E-state index in [2.05, 4.69) is 0 Å². The summed E-state index contributed by atoms with van der Waals surface area (Å²) in [6.45, 7) is 7.11. The predicted molar refractivity (Wildman–Crippen MR) is 50.8 cm³/mol. The number of nitrogens with zero attached hydrogens (tertiary/aromatic N) is 1. The molecule has 1 N–H and O–H groups in total. The molecule has 0 aromatic carbocycles. The van der Waals surface area contributed by atoms with E-state index in [9.17, 15) is 4.79 Å². The zero-order valence-corrected chi connectivity index (χ0v) is 8.78. The van der Waals surface area contributed by atoms with Crippen molar-refractivity contribution in [2.24, 2.45) is 0 Å². The summed E-state index contributed by atoms with van der Waals surface area (Å²) in [5.74, 6) is -0.821. The first-order valence-corrected chi connectivity index (χ1v) is 4.58. The third-order valence-corrected chi connectivity index (χ3v) is 2.28. The van der Waals surface area contributed by atoms with Crippen molar-refractivity contribution in [3.8, 4) is 0 Å². The van der Waals surface area contributed by atoms with Crippen LogP contribution in [0.15, 0.2) is 0 Å². The van der Waals surface area contributed by atoms with Crippen LogP contribution in [0.5, 0.6) is 0 Å². The Morgan fingerprint density at radius 3 is 2.15 bits per heavy atom. The molecule has 0 spiro atoms. The fraction of sp³-hybridized carbons (Fsp3) is 0.889. The number of carboxylic acid groups (broad SMARTS) is 1. The first-order valence-electron chi connectivity index (χ1n) is 4.58. The quantitative estimate of drug-likeness (QED) is 0.672. The van der Waals surface area contributed by atoms with Crippen LogP contribution in [0, 0.1) is 0 Å². The van der Waals surface area contributed by atoms with Gasteiger partial charge in [0.25, 0.3) is 0 Å². The molecule has 0 saturated heterocycles. The Morgan fingerprint density at radius 1 is 1.46 bits per heavy atom. The Kier molecular flexibility index (Phi) is 5.66. The molecule has 78 valence electrons. The van der Waals surface area contributed by atoms with Gasteiger partial charge < -0.3 is 9.84 Å². The Hall–Kier alpha value is -0.610. The van der Waals surface area contributed by atoms with Crippen LogP contribution < -0.4 is 0 Å². The summed E-state index contributed by atoms with van der Waals surface area (Å²) in [7, 11) is 1.53. The molecule has 2 atom stereocenters. The van der Waals surface area contributed by atoms with E-state index in [0.717, 1.165) is 13.1 Å². The van der Waals surface area contributed by atoms with Crippen LogP contribution in [-0.4, -0.2) is 48.3 Å². The number of carbonyl (C=O) groups is 1. The molecule has 0 heterocycles. The van der Waals surface area contributed by atoms with Gasteiger partial charge in [-0.3, -0.25) is 9.69 Å². The molecular weight excluding hydrogens is 170 g/mol. The van der Waals surface area contributed by atoms with Crippen molar-refractivity contribution in [3.63, 3.8) is 0 Å². The summed E-state index contributed by atoms with van der Waals surface area (Å²) >= 11 is 0. The lowest BCUT2D eigenvalue weighted by Gasteiger charge is -2.29. The third-order valence-electron chi connectivity index (χ3n) is 2.28. The van der Waals surface area contributed by atoms with Crippen molar-refractivity contribution >= 4 is 5.97 Å². The van der Waals surface area contributed by atoms with Crippen molar-refractivity contribution < 1.29 is 14.6 Å². The van der Waals surface area contributed by atoms with Crippen molar-refractivity contribution in [1.29, 1.82) is 0 Å². The fourth-order valence-electron chi connectivity index (χ4n) is 1.40. The number of ether oxygens (including phenoxy) is 1. The van der Waals surface area contributed by atoms with E-state index in [-0.39, 0.29) is 6.10 Å². The lowest BCUT2D eigenvalue weighted by Crippen LogP contribution is -2.48. The number of methoxy groups -OCH3 is 1. The maximum Gasteiger partial charge on any atom is 0.323 e. The summed E-state index contributed by atoms with van der Waals surface area (Å²) in [6.07, 6.45) is -0.280. The average Bonchev–Trinajstić information content (AvgIpc) is 2.12. The molecule has 13 heavy (non-hydrogen) atoms. The minimum Gasteiger partial charge on any atom is -0.480 e. The van der Waals surface area contributed by atoms with Crippen LogP contribution in [0.25, 0.3) is 0 Å². The maximum atomic E-state index is 10.9. The summed E-state index contributed by atoms with van der Waals surface area (Å²) in [5.41, 5.74) is 0. The second kappa shape index (κ2) is 5.94. The highest BCUT2D eigenvalue weighted by Crippen LogP contribution is 2.07. The molecule has 0 aromatic rings. The first-order chi connectivity index (χ1) is 6.08. The van der Waals surface area contributed by atoms with Gasteiger partial charge in [0.15, 0.2) is 0 Å². The Bertz CT molecular complexity index is 157. The topological polar surface area (TPSA) is 49.8 Å². The van der Waals surface area contributed by atoms with Gasteiger partial charge in [0, 0.05) is 7.11 Å². The number of rotatable bonds is 6. The lowest BCUT2D eigenvalue weighted by atomic mass is 10.1. The summed E-state index contributed by atoms with van der Waals surface area (Å²) in [4.78, 5) is 12.8. The minimum atomic E-state index is -0.821. The van der Waals surface area contributed by atoms with Crippen molar-refractivity contribution in [2.45, 2.75) is 32.9 Å². The smallest absolute Gasteiger partial charge is 0.323 e. The summed E-state index contributed by atoms with van der Waals surface area (Å²) < 4.78 is 5.04. The molecule has 4 heteroatoms. The van der Waals surface area contributed by atoms with Gasteiger partial charge in [-0.25, -0.2) is 0 Å². The molecule has 0 fully saturated rings. The number of aliphatic carboxylic acids is 1. The van der Waals surface area contributed by atoms with Crippen LogP contribution in [-0.2, 0) is 9.53 Å². The van der Waals surface area contributed by atoms with Gasteiger partial charge in [-0.2, -0.15) is 0 Å². The molecule has 0 bridgehead atoms. The molecule has 0 aliphatic carbocycles. The van der Waals surface area contributed by atoms with Gasteiger partial charge in [-0.15, -0.1) is 0 Å². The van der Waals surface area contributed by atoms with Crippen LogP contribution >= 0.6 is 0 Å². The highest BCUT2D eigenvalue weighted by atomic mass is 16.5. The van der Waals surface area contributed by atoms with Crippen LogP contribution in [0.4, 0.5) is 0 Å². The van der Waals surface area contributed by atoms with Crippen molar-refractivity contribution in [2.75, 3.05) is 20.2 Å². The number of carboxylic acids is 1. The number of likely N-dealkylation sites (N-methyl/N-ethyl adjacent to an activating group) is 1. The Balaban J connectivity index is 4.47. The molecule has 2 unspecified atom stereocenters. The maximum absolute atomic E-state index is 10.9. The van der Waals surface area contributed by atoms with Crippen molar-refractivity contribution in [1.82, 2.24) is 4.90 Å². The molecule has 0 aliphatic rings. The predicted octanol–water partition coefficient (Wildman–Crippen LogP) is 0.816. The largest absolute Gasteiger partial charge is 0.480 e.